The third kappa shape index (κ3) is 6.75. The highest BCUT2D eigenvalue weighted by molar-refractivity contribution is 7.99. The van der Waals surface area contributed by atoms with Crippen LogP contribution in [0.25, 0.3) is 0 Å². The van der Waals surface area contributed by atoms with E-state index in [9.17, 15) is 18.0 Å². The average molecular weight is 455 g/mol. The first kappa shape index (κ1) is 23.2. The van der Waals surface area contributed by atoms with Crippen molar-refractivity contribution < 1.29 is 22.7 Å². The van der Waals surface area contributed by atoms with E-state index in [4.69, 9.17) is 4.74 Å². The summed E-state index contributed by atoms with van der Waals surface area (Å²) in [7, 11) is 0. The van der Waals surface area contributed by atoms with Gasteiger partial charge in [-0.1, -0.05) is 43.2 Å². The largest absolute Gasteiger partial charge is 0.486 e. The number of hydrogen-bond acceptors (Lipinski definition) is 5. The molecular weight excluding hydrogens is 429 g/mol. The monoisotopic (exact) mass is 454 g/mol. The van der Waals surface area contributed by atoms with E-state index in [0.29, 0.717) is 17.5 Å². The van der Waals surface area contributed by atoms with Crippen LogP contribution in [0.4, 0.5) is 13.2 Å². The summed E-state index contributed by atoms with van der Waals surface area (Å²) in [6.45, 7) is 4.05. The Labute approximate surface area is 183 Å². The van der Waals surface area contributed by atoms with Crippen LogP contribution in [0.5, 0.6) is 5.75 Å². The number of hydrogen-bond donors (Lipinski definition) is 1. The van der Waals surface area contributed by atoms with Crippen molar-refractivity contribution in [1.29, 1.82) is 0 Å². The number of amides is 1. The molecule has 1 amide bonds. The molecule has 1 fully saturated rings. The van der Waals surface area contributed by atoms with Crippen LogP contribution in [0.2, 0.25) is 0 Å². The summed E-state index contributed by atoms with van der Waals surface area (Å²) in [5.41, 5.74) is -0.780. The first-order chi connectivity index (χ1) is 14.9. The minimum atomic E-state index is -4.44. The lowest BCUT2D eigenvalue weighted by atomic mass is 9.95. The van der Waals surface area contributed by atoms with E-state index in [2.05, 4.69) is 22.1 Å². The number of benzene rings is 1. The second-order valence-corrected chi connectivity index (χ2v) is 8.25. The van der Waals surface area contributed by atoms with Crippen molar-refractivity contribution in [2.45, 2.75) is 62.6 Å². The fraction of sp³-hybridized carbons (Fsp3) is 0.476. The highest BCUT2D eigenvalue weighted by atomic mass is 32.2. The van der Waals surface area contributed by atoms with E-state index in [0.717, 1.165) is 37.8 Å². The zero-order valence-corrected chi connectivity index (χ0v) is 17.8. The van der Waals surface area contributed by atoms with Crippen molar-refractivity contribution in [3.8, 4) is 5.75 Å². The molecule has 1 aromatic heterocycles. The number of rotatable bonds is 9. The number of carbonyl (C=O) groups excluding carboxylic acids is 1. The molecule has 10 heteroatoms. The Bertz CT molecular complexity index is 895. The van der Waals surface area contributed by atoms with Gasteiger partial charge >= 0.3 is 6.18 Å². The van der Waals surface area contributed by atoms with Crippen molar-refractivity contribution in [2.24, 2.45) is 0 Å². The van der Waals surface area contributed by atoms with E-state index in [1.165, 1.54) is 30.3 Å². The van der Waals surface area contributed by atoms with Crippen molar-refractivity contribution >= 4 is 17.7 Å². The Balaban J connectivity index is 1.59. The van der Waals surface area contributed by atoms with Gasteiger partial charge in [-0.25, -0.2) is 0 Å². The average Bonchev–Trinajstić information content (AvgIpc) is 3.13. The van der Waals surface area contributed by atoms with Crippen LogP contribution in [-0.4, -0.2) is 32.5 Å². The number of allylic oxidation sites excluding steroid dienone is 1. The number of aromatic nitrogens is 3. The summed E-state index contributed by atoms with van der Waals surface area (Å²) in [6, 6.07) is 4.91. The SMILES string of the molecule is C=CCn1c(COc2cccc(C(F)(F)F)c2)nnc1SCC(=O)NC1CCCCC1. The fourth-order valence-electron chi connectivity index (χ4n) is 3.40. The number of thioether (sulfide) groups is 1. The number of carbonyl (C=O) groups is 1. The molecule has 0 spiro atoms. The van der Waals surface area contributed by atoms with Crippen molar-refractivity contribution in [1.82, 2.24) is 20.1 Å². The lowest BCUT2D eigenvalue weighted by molar-refractivity contribution is -0.137. The molecule has 1 aliphatic carbocycles. The van der Waals surface area contributed by atoms with Crippen LogP contribution in [0.1, 0.15) is 43.5 Å². The molecule has 6 nitrogen and oxygen atoms in total. The zero-order valence-electron chi connectivity index (χ0n) is 17.0. The van der Waals surface area contributed by atoms with Gasteiger partial charge in [0.2, 0.25) is 5.91 Å². The zero-order chi connectivity index (χ0) is 22.3. The maximum absolute atomic E-state index is 12.9. The van der Waals surface area contributed by atoms with Gasteiger partial charge < -0.3 is 10.1 Å². The number of nitrogens with one attached hydrogen (secondary N) is 1. The summed E-state index contributed by atoms with van der Waals surface area (Å²) in [6.07, 6.45) is 2.74. The molecule has 1 heterocycles. The second kappa shape index (κ2) is 10.7. The maximum atomic E-state index is 12.9. The van der Waals surface area contributed by atoms with Crippen molar-refractivity contribution in [3.05, 3.63) is 48.3 Å². The first-order valence-corrected chi connectivity index (χ1v) is 11.1. The summed E-state index contributed by atoms with van der Waals surface area (Å²) in [5, 5.41) is 11.8. The van der Waals surface area contributed by atoms with Gasteiger partial charge in [-0.15, -0.1) is 16.8 Å². The lowest BCUT2D eigenvalue weighted by Crippen LogP contribution is -2.37. The Hall–Kier alpha value is -2.49. The Morgan fingerprint density at radius 3 is 2.77 bits per heavy atom. The first-order valence-electron chi connectivity index (χ1n) is 10.1. The molecule has 3 rings (SSSR count). The smallest absolute Gasteiger partial charge is 0.416 e. The molecule has 0 saturated heterocycles. The molecule has 0 atom stereocenters. The van der Waals surface area contributed by atoms with Gasteiger partial charge in [0.1, 0.15) is 12.4 Å². The Morgan fingerprint density at radius 1 is 1.29 bits per heavy atom. The van der Waals surface area contributed by atoms with Crippen molar-refractivity contribution in [3.63, 3.8) is 0 Å². The molecule has 1 saturated carbocycles. The summed E-state index contributed by atoms with van der Waals surface area (Å²) in [5.74, 6) is 0.684. The maximum Gasteiger partial charge on any atom is 0.416 e. The Kier molecular flexibility index (Phi) is 8.00. The molecule has 31 heavy (non-hydrogen) atoms. The minimum absolute atomic E-state index is 0.0492. The van der Waals surface area contributed by atoms with Crippen LogP contribution < -0.4 is 10.1 Å². The molecule has 0 bridgehead atoms. The quantitative estimate of drug-likeness (QED) is 0.443. The van der Waals surface area contributed by atoms with Crippen LogP contribution in [-0.2, 0) is 24.1 Å². The van der Waals surface area contributed by atoms with Crippen LogP contribution in [0.3, 0.4) is 0 Å². The van der Waals surface area contributed by atoms with Gasteiger partial charge in [-0.3, -0.25) is 9.36 Å². The molecule has 1 N–H and O–H groups in total. The van der Waals surface area contributed by atoms with Gasteiger partial charge in [0.05, 0.1) is 11.3 Å². The van der Waals surface area contributed by atoms with E-state index < -0.39 is 11.7 Å². The molecule has 1 aromatic carbocycles. The third-order valence-corrected chi connectivity index (χ3v) is 5.90. The molecule has 2 aromatic rings. The normalized spacial score (nSPS) is 14.9. The summed E-state index contributed by atoms with van der Waals surface area (Å²) >= 11 is 1.26. The summed E-state index contributed by atoms with van der Waals surface area (Å²) < 4.78 is 45.8. The lowest BCUT2D eigenvalue weighted by Gasteiger charge is -2.22. The number of halogens is 3. The second-order valence-electron chi connectivity index (χ2n) is 7.30. The highest BCUT2D eigenvalue weighted by Crippen LogP contribution is 2.31. The molecule has 168 valence electrons. The topological polar surface area (TPSA) is 69.0 Å². The Morgan fingerprint density at radius 2 is 2.06 bits per heavy atom. The van der Waals surface area contributed by atoms with Crippen molar-refractivity contribution in [2.75, 3.05) is 5.75 Å². The molecular formula is C21H25F3N4O2S. The molecule has 1 aliphatic rings. The standard InChI is InChI=1S/C21H25F3N4O2S/c1-2-11-28-18(13-30-17-10-6-7-15(12-17)21(22,23)24)26-27-20(28)31-14-19(29)25-16-8-4-3-5-9-16/h2,6-7,10,12,16H,1,3-5,8-9,11,13-14H2,(H,25,29). The van der Waals surface area contributed by atoms with Gasteiger partial charge in [-0.2, -0.15) is 13.2 Å². The minimum Gasteiger partial charge on any atom is -0.486 e. The van der Waals surface area contributed by atoms with E-state index >= 15 is 0 Å². The van der Waals surface area contributed by atoms with E-state index in [1.807, 2.05) is 0 Å². The van der Waals surface area contributed by atoms with Crippen LogP contribution in [0, 0.1) is 0 Å². The van der Waals surface area contributed by atoms with Crippen LogP contribution in [0.15, 0.2) is 42.1 Å². The predicted molar refractivity (Wildman–Crippen MR) is 112 cm³/mol. The van der Waals surface area contributed by atoms with Gasteiger partial charge in [0.15, 0.2) is 11.0 Å². The molecule has 0 aliphatic heterocycles. The number of nitrogens with zero attached hydrogens (tertiary/aromatic N) is 3. The molecule has 0 radical (unpaired) electrons. The van der Waals surface area contributed by atoms with E-state index in [-0.39, 0.29) is 30.1 Å². The van der Waals surface area contributed by atoms with Gasteiger partial charge in [0.25, 0.3) is 0 Å². The number of ether oxygens (including phenoxy) is 1. The van der Waals surface area contributed by atoms with Gasteiger partial charge in [-0.05, 0) is 31.0 Å². The van der Waals surface area contributed by atoms with Gasteiger partial charge in [0, 0.05) is 12.6 Å². The highest BCUT2D eigenvalue weighted by Gasteiger charge is 2.30. The predicted octanol–water partition coefficient (Wildman–Crippen LogP) is 4.60. The summed E-state index contributed by atoms with van der Waals surface area (Å²) in [4.78, 5) is 12.3. The molecule has 0 unspecified atom stereocenters. The van der Waals surface area contributed by atoms with E-state index in [1.54, 1.807) is 10.6 Å². The third-order valence-electron chi connectivity index (χ3n) is 4.94. The van der Waals surface area contributed by atoms with Crippen LogP contribution >= 0.6 is 11.8 Å². The number of alkyl halides is 3. The fourth-order valence-corrected chi connectivity index (χ4v) is 4.18.